The predicted molar refractivity (Wildman–Crippen MR) is 108 cm³/mol. The van der Waals surface area contributed by atoms with Gasteiger partial charge in [0, 0.05) is 13.1 Å². The van der Waals surface area contributed by atoms with Crippen LogP contribution in [0.2, 0.25) is 0 Å². The van der Waals surface area contributed by atoms with Crippen LogP contribution in [0, 0.1) is 5.92 Å². The Kier molecular flexibility index (Phi) is 9.53. The van der Waals surface area contributed by atoms with Crippen molar-refractivity contribution in [3.63, 3.8) is 0 Å². The highest BCUT2D eigenvalue weighted by atomic mass is 16.6. The van der Waals surface area contributed by atoms with Crippen LogP contribution in [0.4, 0.5) is 4.79 Å². The van der Waals surface area contributed by atoms with Crippen molar-refractivity contribution in [2.45, 2.75) is 79.9 Å². The summed E-state index contributed by atoms with van der Waals surface area (Å²) in [6.45, 7) is 16.1. The third kappa shape index (κ3) is 6.54. The maximum Gasteiger partial charge on any atom is 0.410 e. The molecule has 1 aromatic rings. The lowest BCUT2D eigenvalue weighted by Crippen LogP contribution is -2.38. The summed E-state index contributed by atoms with van der Waals surface area (Å²) >= 11 is 0. The molecule has 2 aliphatic rings. The zero-order valence-electron chi connectivity index (χ0n) is 17.7. The van der Waals surface area contributed by atoms with Gasteiger partial charge in [-0.2, -0.15) is 0 Å². The Morgan fingerprint density at radius 3 is 2.42 bits per heavy atom. The molecule has 1 aliphatic carbocycles. The first-order valence-electron chi connectivity index (χ1n) is 10.2. The Labute approximate surface area is 159 Å². The second-order valence-corrected chi connectivity index (χ2v) is 6.83. The van der Waals surface area contributed by atoms with E-state index < -0.39 is 0 Å². The fourth-order valence-electron chi connectivity index (χ4n) is 2.88. The minimum Gasteiger partial charge on any atom is -0.493 e. The average Bonchev–Trinajstić information content (AvgIpc) is 3.47. The van der Waals surface area contributed by atoms with E-state index >= 15 is 0 Å². The van der Waals surface area contributed by atoms with Gasteiger partial charge in [0.1, 0.15) is 5.75 Å². The number of fused-ring (bicyclic) bond motifs is 1. The summed E-state index contributed by atoms with van der Waals surface area (Å²) in [7, 11) is 0. The average molecular weight is 364 g/mol. The molecular weight excluding hydrogens is 326 g/mol. The number of benzene rings is 1. The van der Waals surface area contributed by atoms with Gasteiger partial charge in [0.05, 0.1) is 12.7 Å². The van der Waals surface area contributed by atoms with Crippen LogP contribution in [0.3, 0.4) is 0 Å². The van der Waals surface area contributed by atoms with Gasteiger partial charge in [-0.15, -0.1) is 0 Å². The zero-order valence-corrected chi connectivity index (χ0v) is 17.7. The van der Waals surface area contributed by atoms with E-state index in [1.807, 2.05) is 47.6 Å². The molecular formula is C22H37NO3. The first-order valence-corrected chi connectivity index (χ1v) is 10.2. The van der Waals surface area contributed by atoms with E-state index in [-0.39, 0.29) is 12.2 Å². The maximum absolute atomic E-state index is 12.1. The van der Waals surface area contributed by atoms with Gasteiger partial charge in [-0.05, 0) is 61.8 Å². The molecule has 0 bridgehead atoms. The summed E-state index contributed by atoms with van der Waals surface area (Å²) in [5.74, 6) is 2.01. The second-order valence-electron chi connectivity index (χ2n) is 6.83. The first-order chi connectivity index (χ1) is 12.5. The number of amides is 1. The fourth-order valence-corrected chi connectivity index (χ4v) is 2.88. The van der Waals surface area contributed by atoms with Crippen LogP contribution in [-0.2, 0) is 11.3 Å². The molecule has 3 rings (SSSR count). The minimum atomic E-state index is -0.221. The lowest BCUT2D eigenvalue weighted by atomic mass is 9.91. The van der Waals surface area contributed by atoms with Crippen molar-refractivity contribution >= 4 is 6.09 Å². The standard InChI is InChI=1S/C18H25NO3.2C2H6/c1-12(2)22-18(20)19-9-13(3)17-8-16(7-6-15(17)10-19)21-11-14-4-5-14;2*1-2/h6-8,12-14H,4-5,9-11H2,1-3H3;2*1-2H3. The van der Waals surface area contributed by atoms with Gasteiger partial charge in [-0.25, -0.2) is 4.79 Å². The molecule has 1 atom stereocenters. The Bertz CT molecular complexity index is 552. The summed E-state index contributed by atoms with van der Waals surface area (Å²) in [5, 5.41) is 0. The SMILES string of the molecule is CC.CC.CC(C)OC(=O)N1Cc2ccc(OCC3CC3)cc2C(C)C1. The second kappa shape index (κ2) is 11.1. The minimum absolute atomic E-state index is 0.0811. The van der Waals surface area contributed by atoms with E-state index in [9.17, 15) is 4.79 Å². The molecule has 26 heavy (non-hydrogen) atoms. The van der Waals surface area contributed by atoms with Crippen molar-refractivity contribution in [3.8, 4) is 5.75 Å². The molecule has 4 nitrogen and oxygen atoms in total. The molecule has 1 saturated carbocycles. The summed E-state index contributed by atoms with van der Waals surface area (Å²) in [4.78, 5) is 13.9. The number of carbonyl (C=O) groups excluding carboxylic acids is 1. The van der Waals surface area contributed by atoms with Crippen LogP contribution in [0.25, 0.3) is 0 Å². The van der Waals surface area contributed by atoms with Crippen molar-refractivity contribution in [1.29, 1.82) is 0 Å². The van der Waals surface area contributed by atoms with E-state index in [0.29, 0.717) is 19.0 Å². The van der Waals surface area contributed by atoms with Crippen molar-refractivity contribution < 1.29 is 14.3 Å². The number of rotatable bonds is 4. The lowest BCUT2D eigenvalue weighted by molar-refractivity contribution is 0.0705. The molecule has 1 amide bonds. The number of hydrogen-bond donors (Lipinski definition) is 0. The van der Waals surface area contributed by atoms with Gasteiger partial charge in [0.2, 0.25) is 0 Å². The Hall–Kier alpha value is -1.71. The van der Waals surface area contributed by atoms with Crippen LogP contribution in [0.5, 0.6) is 5.75 Å². The molecule has 0 radical (unpaired) electrons. The Balaban J connectivity index is 0.000000791. The first kappa shape index (κ1) is 22.3. The van der Waals surface area contributed by atoms with Crippen LogP contribution in [0.15, 0.2) is 18.2 Å². The molecule has 0 saturated heterocycles. The Morgan fingerprint density at radius 2 is 1.85 bits per heavy atom. The van der Waals surface area contributed by atoms with Gasteiger partial charge in [0.15, 0.2) is 0 Å². The molecule has 4 heteroatoms. The summed E-state index contributed by atoms with van der Waals surface area (Å²) < 4.78 is 11.2. The van der Waals surface area contributed by atoms with E-state index in [4.69, 9.17) is 9.47 Å². The summed E-state index contributed by atoms with van der Waals surface area (Å²) in [5.41, 5.74) is 2.49. The fraction of sp³-hybridized carbons (Fsp3) is 0.682. The lowest BCUT2D eigenvalue weighted by Gasteiger charge is -2.33. The number of nitrogens with zero attached hydrogens (tertiary/aromatic N) is 1. The maximum atomic E-state index is 12.1. The predicted octanol–water partition coefficient (Wildman–Crippen LogP) is 5.99. The highest BCUT2D eigenvalue weighted by Gasteiger charge is 2.28. The third-order valence-corrected chi connectivity index (χ3v) is 4.28. The molecule has 0 N–H and O–H groups in total. The van der Waals surface area contributed by atoms with Crippen LogP contribution in [-0.4, -0.2) is 30.2 Å². The molecule has 148 valence electrons. The van der Waals surface area contributed by atoms with Crippen LogP contribution < -0.4 is 4.74 Å². The number of carbonyl (C=O) groups is 1. The summed E-state index contributed by atoms with van der Waals surface area (Å²) in [6.07, 6.45) is 2.30. The number of ether oxygens (including phenoxy) is 2. The van der Waals surface area contributed by atoms with Crippen molar-refractivity contribution in [2.75, 3.05) is 13.2 Å². The molecule has 1 aromatic carbocycles. The van der Waals surface area contributed by atoms with Gasteiger partial charge in [0.25, 0.3) is 0 Å². The van der Waals surface area contributed by atoms with Crippen molar-refractivity contribution in [3.05, 3.63) is 29.3 Å². The molecule has 1 unspecified atom stereocenters. The van der Waals surface area contributed by atoms with E-state index in [0.717, 1.165) is 18.3 Å². The normalized spacial score (nSPS) is 18.0. The van der Waals surface area contributed by atoms with Crippen molar-refractivity contribution in [1.82, 2.24) is 4.90 Å². The van der Waals surface area contributed by atoms with Gasteiger partial charge in [-0.1, -0.05) is 40.7 Å². The quantitative estimate of drug-likeness (QED) is 0.659. The molecule has 0 spiro atoms. The third-order valence-electron chi connectivity index (χ3n) is 4.28. The smallest absolute Gasteiger partial charge is 0.410 e. The largest absolute Gasteiger partial charge is 0.493 e. The highest BCUT2D eigenvalue weighted by Crippen LogP contribution is 2.33. The van der Waals surface area contributed by atoms with E-state index in [1.54, 1.807) is 4.90 Å². The van der Waals surface area contributed by atoms with Crippen molar-refractivity contribution in [2.24, 2.45) is 5.92 Å². The van der Waals surface area contributed by atoms with Gasteiger partial charge < -0.3 is 14.4 Å². The van der Waals surface area contributed by atoms with E-state index in [1.165, 1.54) is 24.0 Å². The molecule has 0 aromatic heterocycles. The monoisotopic (exact) mass is 363 g/mol. The van der Waals surface area contributed by atoms with Gasteiger partial charge in [-0.3, -0.25) is 0 Å². The molecule has 1 fully saturated rings. The zero-order chi connectivity index (χ0) is 19.7. The van der Waals surface area contributed by atoms with Crippen LogP contribution in [0.1, 0.15) is 78.4 Å². The number of hydrogen-bond acceptors (Lipinski definition) is 3. The highest BCUT2D eigenvalue weighted by molar-refractivity contribution is 5.68. The molecule has 1 aliphatic heterocycles. The summed E-state index contributed by atoms with van der Waals surface area (Å²) in [6, 6.07) is 6.25. The Morgan fingerprint density at radius 1 is 1.19 bits per heavy atom. The van der Waals surface area contributed by atoms with Crippen LogP contribution >= 0.6 is 0 Å². The molecule has 1 heterocycles. The van der Waals surface area contributed by atoms with Gasteiger partial charge >= 0.3 is 6.09 Å². The topological polar surface area (TPSA) is 38.8 Å². The van der Waals surface area contributed by atoms with E-state index in [2.05, 4.69) is 19.1 Å².